The SMILES string of the molecule is Cc1ccc(C(=O)Nc2ccc(N3CCOCC3=O)cc2)cc1C. The van der Waals surface area contributed by atoms with E-state index in [0.717, 1.165) is 16.8 Å². The number of nitrogens with one attached hydrogen (secondary N) is 1. The van der Waals surface area contributed by atoms with E-state index in [1.807, 2.05) is 44.2 Å². The summed E-state index contributed by atoms with van der Waals surface area (Å²) in [7, 11) is 0. The van der Waals surface area contributed by atoms with Crippen LogP contribution < -0.4 is 10.2 Å². The van der Waals surface area contributed by atoms with E-state index in [0.29, 0.717) is 24.4 Å². The predicted octanol–water partition coefficient (Wildman–Crippen LogP) is 2.92. The number of benzene rings is 2. The van der Waals surface area contributed by atoms with Crippen LogP contribution in [0.4, 0.5) is 11.4 Å². The van der Waals surface area contributed by atoms with Gasteiger partial charge in [-0.2, -0.15) is 0 Å². The number of aryl methyl sites for hydroxylation is 2. The minimum atomic E-state index is -0.145. The number of amides is 2. The Morgan fingerprint density at radius 1 is 1.08 bits per heavy atom. The van der Waals surface area contributed by atoms with E-state index in [1.54, 1.807) is 17.0 Å². The van der Waals surface area contributed by atoms with Gasteiger partial charge in [-0.15, -0.1) is 0 Å². The van der Waals surface area contributed by atoms with Gasteiger partial charge in [0.25, 0.3) is 11.8 Å². The minimum absolute atomic E-state index is 0.0480. The van der Waals surface area contributed by atoms with Crippen LogP contribution in [-0.2, 0) is 9.53 Å². The Kier molecular flexibility index (Phi) is 4.62. The number of anilines is 2. The van der Waals surface area contributed by atoms with Gasteiger partial charge in [-0.3, -0.25) is 9.59 Å². The van der Waals surface area contributed by atoms with E-state index < -0.39 is 0 Å². The molecule has 1 aliphatic heterocycles. The fraction of sp³-hybridized carbons (Fsp3) is 0.263. The van der Waals surface area contributed by atoms with E-state index in [9.17, 15) is 9.59 Å². The molecule has 2 amide bonds. The van der Waals surface area contributed by atoms with Crippen LogP contribution in [0.15, 0.2) is 42.5 Å². The number of carbonyl (C=O) groups excluding carboxylic acids is 2. The highest BCUT2D eigenvalue weighted by Crippen LogP contribution is 2.20. The quantitative estimate of drug-likeness (QED) is 0.944. The van der Waals surface area contributed by atoms with Crippen molar-refractivity contribution in [1.29, 1.82) is 0 Å². The van der Waals surface area contributed by atoms with Crippen molar-refractivity contribution in [1.82, 2.24) is 0 Å². The van der Waals surface area contributed by atoms with Crippen molar-refractivity contribution in [3.63, 3.8) is 0 Å². The molecule has 0 atom stereocenters. The molecular weight excluding hydrogens is 304 g/mol. The van der Waals surface area contributed by atoms with Crippen molar-refractivity contribution in [3.8, 4) is 0 Å². The first kappa shape index (κ1) is 16.2. The maximum absolute atomic E-state index is 12.3. The molecule has 0 aliphatic carbocycles. The van der Waals surface area contributed by atoms with Crippen molar-refractivity contribution in [3.05, 3.63) is 59.2 Å². The number of ether oxygens (including phenoxy) is 1. The van der Waals surface area contributed by atoms with Crippen molar-refractivity contribution in [2.75, 3.05) is 30.0 Å². The Hall–Kier alpha value is -2.66. The summed E-state index contributed by atoms with van der Waals surface area (Å²) in [6.07, 6.45) is 0. The lowest BCUT2D eigenvalue weighted by atomic mass is 10.1. The van der Waals surface area contributed by atoms with Crippen molar-refractivity contribution in [2.24, 2.45) is 0 Å². The van der Waals surface area contributed by atoms with Crippen LogP contribution in [0.1, 0.15) is 21.5 Å². The molecule has 1 aliphatic rings. The van der Waals surface area contributed by atoms with Gasteiger partial charge in [0, 0.05) is 23.5 Å². The first-order valence-electron chi connectivity index (χ1n) is 7.91. The maximum Gasteiger partial charge on any atom is 0.255 e. The molecule has 124 valence electrons. The molecule has 5 heteroatoms. The Bertz CT molecular complexity index is 769. The molecular formula is C19H20N2O3. The highest BCUT2D eigenvalue weighted by Gasteiger charge is 2.20. The van der Waals surface area contributed by atoms with Crippen LogP contribution in [-0.4, -0.2) is 31.6 Å². The van der Waals surface area contributed by atoms with Crippen molar-refractivity contribution in [2.45, 2.75) is 13.8 Å². The second kappa shape index (κ2) is 6.84. The molecule has 0 aromatic heterocycles. The number of hydrogen-bond acceptors (Lipinski definition) is 3. The Labute approximate surface area is 141 Å². The average Bonchev–Trinajstić information content (AvgIpc) is 2.58. The zero-order valence-electron chi connectivity index (χ0n) is 13.8. The predicted molar refractivity (Wildman–Crippen MR) is 93.5 cm³/mol. The highest BCUT2D eigenvalue weighted by molar-refractivity contribution is 6.04. The molecule has 0 spiro atoms. The zero-order chi connectivity index (χ0) is 17.1. The Morgan fingerprint density at radius 2 is 1.83 bits per heavy atom. The first-order valence-corrected chi connectivity index (χ1v) is 7.91. The van der Waals surface area contributed by atoms with Gasteiger partial charge in [0.2, 0.25) is 0 Å². The summed E-state index contributed by atoms with van der Waals surface area (Å²) in [4.78, 5) is 25.8. The number of hydrogen-bond donors (Lipinski definition) is 1. The summed E-state index contributed by atoms with van der Waals surface area (Å²) < 4.78 is 5.13. The van der Waals surface area contributed by atoms with Crippen molar-refractivity contribution < 1.29 is 14.3 Å². The molecule has 3 rings (SSSR count). The normalized spacial score (nSPS) is 14.6. The lowest BCUT2D eigenvalue weighted by molar-refractivity contribution is -0.125. The summed E-state index contributed by atoms with van der Waals surface area (Å²) in [6, 6.07) is 12.9. The second-order valence-corrected chi connectivity index (χ2v) is 5.90. The molecule has 0 unspecified atom stereocenters. The number of morpholine rings is 1. The zero-order valence-corrected chi connectivity index (χ0v) is 13.8. The first-order chi connectivity index (χ1) is 11.5. The third kappa shape index (κ3) is 3.46. The van der Waals surface area contributed by atoms with Gasteiger partial charge in [0.1, 0.15) is 6.61 Å². The molecule has 0 bridgehead atoms. The summed E-state index contributed by atoms with van der Waals surface area (Å²) in [5.41, 5.74) is 4.38. The summed E-state index contributed by atoms with van der Waals surface area (Å²) in [5.74, 6) is -0.193. The fourth-order valence-corrected chi connectivity index (χ4v) is 2.60. The molecule has 1 saturated heterocycles. The second-order valence-electron chi connectivity index (χ2n) is 5.90. The van der Waals surface area contributed by atoms with E-state index in [2.05, 4.69) is 5.32 Å². The van der Waals surface area contributed by atoms with Gasteiger partial charge >= 0.3 is 0 Å². The molecule has 1 fully saturated rings. The molecule has 0 radical (unpaired) electrons. The van der Waals surface area contributed by atoms with Gasteiger partial charge in [-0.1, -0.05) is 6.07 Å². The smallest absolute Gasteiger partial charge is 0.255 e. The molecule has 5 nitrogen and oxygen atoms in total. The standard InChI is InChI=1S/C19H20N2O3/c1-13-3-4-15(11-14(13)2)19(23)20-16-5-7-17(8-6-16)21-9-10-24-12-18(21)22/h3-8,11H,9-10,12H2,1-2H3,(H,20,23). The Balaban J connectivity index is 1.70. The summed E-state index contributed by atoms with van der Waals surface area (Å²) >= 11 is 0. The summed E-state index contributed by atoms with van der Waals surface area (Å²) in [5, 5.41) is 2.88. The summed E-state index contributed by atoms with van der Waals surface area (Å²) in [6.45, 7) is 5.21. The van der Waals surface area contributed by atoms with Crippen LogP contribution >= 0.6 is 0 Å². The molecule has 2 aromatic carbocycles. The van der Waals surface area contributed by atoms with Gasteiger partial charge in [-0.05, 0) is 61.4 Å². The lowest BCUT2D eigenvalue weighted by Gasteiger charge is -2.26. The average molecular weight is 324 g/mol. The minimum Gasteiger partial charge on any atom is -0.370 e. The molecule has 1 heterocycles. The van der Waals surface area contributed by atoms with E-state index >= 15 is 0 Å². The van der Waals surface area contributed by atoms with Gasteiger partial charge < -0.3 is 15.0 Å². The monoisotopic (exact) mass is 324 g/mol. The number of rotatable bonds is 3. The van der Waals surface area contributed by atoms with Gasteiger partial charge in [0.15, 0.2) is 0 Å². The van der Waals surface area contributed by atoms with E-state index in [1.165, 1.54) is 0 Å². The van der Waals surface area contributed by atoms with Crippen LogP contribution in [0, 0.1) is 13.8 Å². The molecule has 24 heavy (non-hydrogen) atoms. The lowest BCUT2D eigenvalue weighted by Crippen LogP contribution is -2.41. The third-order valence-electron chi connectivity index (χ3n) is 4.19. The van der Waals surface area contributed by atoms with Gasteiger partial charge in [-0.25, -0.2) is 0 Å². The molecule has 0 saturated carbocycles. The van der Waals surface area contributed by atoms with Crippen LogP contribution in [0.3, 0.4) is 0 Å². The molecule has 2 aromatic rings. The number of carbonyl (C=O) groups is 2. The van der Waals surface area contributed by atoms with Gasteiger partial charge in [0.05, 0.1) is 6.61 Å². The van der Waals surface area contributed by atoms with Crippen LogP contribution in [0.25, 0.3) is 0 Å². The van der Waals surface area contributed by atoms with Crippen LogP contribution in [0.5, 0.6) is 0 Å². The van der Waals surface area contributed by atoms with E-state index in [-0.39, 0.29) is 18.4 Å². The Morgan fingerprint density at radius 3 is 2.50 bits per heavy atom. The van der Waals surface area contributed by atoms with Crippen LogP contribution in [0.2, 0.25) is 0 Å². The third-order valence-corrected chi connectivity index (χ3v) is 4.19. The molecule has 1 N–H and O–H groups in total. The van der Waals surface area contributed by atoms with E-state index in [4.69, 9.17) is 4.74 Å². The largest absolute Gasteiger partial charge is 0.370 e. The van der Waals surface area contributed by atoms with Crippen molar-refractivity contribution >= 4 is 23.2 Å². The maximum atomic E-state index is 12.3. The fourth-order valence-electron chi connectivity index (χ4n) is 2.60. The topological polar surface area (TPSA) is 58.6 Å². The number of nitrogens with zero attached hydrogens (tertiary/aromatic N) is 1. The highest BCUT2D eigenvalue weighted by atomic mass is 16.5.